The Hall–Kier alpha value is -1.96. The Bertz CT molecular complexity index is 722. The van der Waals surface area contributed by atoms with Crippen molar-refractivity contribution in [1.82, 2.24) is 14.8 Å². The lowest BCUT2D eigenvalue weighted by Gasteiger charge is -2.35. The number of aromatic nitrogens is 1. The number of ether oxygens (including phenoxy) is 1. The Morgan fingerprint density at radius 3 is 2.84 bits per heavy atom. The smallest absolute Gasteiger partial charge is 0.289 e. The maximum absolute atomic E-state index is 12.6. The molecule has 3 rings (SSSR count). The molecule has 1 unspecified atom stereocenters. The zero-order chi connectivity index (χ0) is 17.8. The first-order valence-electron chi connectivity index (χ1n) is 8.71. The average molecular weight is 347 g/mol. The summed E-state index contributed by atoms with van der Waals surface area (Å²) in [5.74, 6) is 0.225. The van der Waals surface area contributed by atoms with Crippen LogP contribution in [0.25, 0.3) is 11.1 Å². The van der Waals surface area contributed by atoms with Gasteiger partial charge in [0.25, 0.3) is 5.91 Å². The van der Waals surface area contributed by atoms with E-state index in [1.807, 2.05) is 26.0 Å². The molecule has 1 fully saturated rings. The fourth-order valence-corrected chi connectivity index (χ4v) is 3.03. The molecular weight excluding hydrogens is 322 g/mol. The third-order valence-electron chi connectivity index (χ3n) is 4.37. The normalized spacial score (nSPS) is 17.2. The van der Waals surface area contributed by atoms with Crippen molar-refractivity contribution in [2.75, 3.05) is 45.9 Å². The average Bonchev–Trinajstić information content (AvgIpc) is 3.03. The van der Waals surface area contributed by atoms with Crippen LogP contribution in [-0.2, 0) is 4.74 Å². The summed E-state index contributed by atoms with van der Waals surface area (Å²) < 4.78 is 10.9. The van der Waals surface area contributed by atoms with Gasteiger partial charge in [0.2, 0.25) is 0 Å². The highest BCUT2D eigenvalue weighted by Gasteiger charge is 2.25. The number of rotatable bonds is 6. The molecule has 25 heavy (non-hydrogen) atoms. The molecule has 0 radical (unpaired) electrons. The molecule has 2 aromatic heterocycles. The molecule has 0 spiro atoms. The standard InChI is InChI=1S/C18H25N3O4/c1-3-24-12-14(22)11-20-6-8-21(9-7-20)18(23)17-10-15-16(25-17)5-4-13(2)19-15/h4-5,10,14,22H,3,6-9,11-12H2,1-2H3. The first-order valence-corrected chi connectivity index (χ1v) is 8.71. The number of hydrogen-bond acceptors (Lipinski definition) is 6. The molecule has 0 saturated carbocycles. The summed E-state index contributed by atoms with van der Waals surface area (Å²) in [5.41, 5.74) is 2.24. The number of β-amino-alcohol motifs (C(OH)–C–C–N with tert-alkyl or cyclic N) is 1. The van der Waals surface area contributed by atoms with Gasteiger partial charge in [0.15, 0.2) is 11.3 Å². The number of pyridine rings is 1. The first kappa shape index (κ1) is 17.8. The van der Waals surface area contributed by atoms with Crippen molar-refractivity contribution in [3.05, 3.63) is 29.7 Å². The molecule has 0 aliphatic carbocycles. The maximum Gasteiger partial charge on any atom is 0.289 e. The van der Waals surface area contributed by atoms with E-state index in [0.29, 0.717) is 49.7 Å². The van der Waals surface area contributed by atoms with E-state index in [-0.39, 0.29) is 5.91 Å². The number of carbonyl (C=O) groups excluding carboxylic acids is 1. The molecule has 1 aliphatic rings. The number of amides is 1. The number of aliphatic hydroxyl groups excluding tert-OH is 1. The number of piperazine rings is 1. The van der Waals surface area contributed by atoms with Gasteiger partial charge >= 0.3 is 0 Å². The largest absolute Gasteiger partial charge is 0.449 e. The predicted molar refractivity (Wildman–Crippen MR) is 93.6 cm³/mol. The molecule has 136 valence electrons. The Labute approximate surface area is 147 Å². The molecule has 2 aromatic rings. The minimum Gasteiger partial charge on any atom is -0.449 e. The minimum absolute atomic E-state index is 0.106. The Morgan fingerprint density at radius 1 is 1.36 bits per heavy atom. The number of furan rings is 1. The van der Waals surface area contributed by atoms with Crippen LogP contribution in [0.5, 0.6) is 0 Å². The number of aliphatic hydroxyl groups is 1. The van der Waals surface area contributed by atoms with Gasteiger partial charge in [-0.2, -0.15) is 0 Å². The molecule has 7 heteroatoms. The van der Waals surface area contributed by atoms with Gasteiger partial charge in [0, 0.05) is 51.1 Å². The monoisotopic (exact) mass is 347 g/mol. The molecule has 1 amide bonds. The second kappa shape index (κ2) is 7.95. The van der Waals surface area contributed by atoms with Crippen LogP contribution in [0.2, 0.25) is 0 Å². The highest BCUT2D eigenvalue weighted by atomic mass is 16.5. The van der Waals surface area contributed by atoms with Crippen LogP contribution in [-0.4, -0.2) is 77.8 Å². The van der Waals surface area contributed by atoms with E-state index < -0.39 is 6.10 Å². The van der Waals surface area contributed by atoms with Crippen molar-refractivity contribution in [2.45, 2.75) is 20.0 Å². The number of nitrogens with zero attached hydrogens (tertiary/aromatic N) is 3. The Kier molecular flexibility index (Phi) is 5.67. The fourth-order valence-electron chi connectivity index (χ4n) is 3.03. The summed E-state index contributed by atoms with van der Waals surface area (Å²) in [4.78, 5) is 21.0. The SMILES string of the molecule is CCOCC(O)CN1CCN(C(=O)c2cc3nc(C)ccc3o2)CC1. The molecule has 1 atom stereocenters. The first-order chi connectivity index (χ1) is 12.1. The summed E-state index contributed by atoms with van der Waals surface area (Å²) in [5, 5.41) is 9.92. The number of fused-ring (bicyclic) bond motifs is 1. The third-order valence-corrected chi connectivity index (χ3v) is 4.37. The lowest BCUT2D eigenvalue weighted by Crippen LogP contribution is -2.50. The van der Waals surface area contributed by atoms with Gasteiger partial charge in [-0.25, -0.2) is 4.98 Å². The van der Waals surface area contributed by atoms with Gasteiger partial charge in [0.05, 0.1) is 12.7 Å². The lowest BCUT2D eigenvalue weighted by molar-refractivity contribution is 0.0108. The van der Waals surface area contributed by atoms with Crippen molar-refractivity contribution in [2.24, 2.45) is 0 Å². The quantitative estimate of drug-likeness (QED) is 0.848. The summed E-state index contributed by atoms with van der Waals surface area (Å²) in [7, 11) is 0. The Balaban J connectivity index is 1.55. The van der Waals surface area contributed by atoms with Crippen molar-refractivity contribution < 1.29 is 19.1 Å². The molecule has 0 aromatic carbocycles. The lowest BCUT2D eigenvalue weighted by atomic mass is 10.2. The second-order valence-corrected chi connectivity index (χ2v) is 6.35. The molecule has 3 heterocycles. The van der Waals surface area contributed by atoms with E-state index in [9.17, 15) is 9.90 Å². The Morgan fingerprint density at radius 2 is 2.12 bits per heavy atom. The van der Waals surface area contributed by atoms with Gasteiger partial charge in [0.1, 0.15) is 5.52 Å². The zero-order valence-corrected chi connectivity index (χ0v) is 14.8. The van der Waals surface area contributed by atoms with E-state index >= 15 is 0 Å². The van der Waals surface area contributed by atoms with Crippen LogP contribution >= 0.6 is 0 Å². The third kappa shape index (κ3) is 4.36. The molecular formula is C18H25N3O4. The van der Waals surface area contributed by atoms with Gasteiger partial charge in [-0.05, 0) is 26.0 Å². The molecule has 1 aliphatic heterocycles. The van der Waals surface area contributed by atoms with Gasteiger partial charge in [-0.15, -0.1) is 0 Å². The molecule has 7 nitrogen and oxygen atoms in total. The van der Waals surface area contributed by atoms with E-state index in [1.165, 1.54) is 0 Å². The second-order valence-electron chi connectivity index (χ2n) is 6.35. The number of aryl methyl sites for hydroxylation is 1. The number of carbonyl (C=O) groups is 1. The van der Waals surface area contributed by atoms with Crippen LogP contribution in [0.15, 0.2) is 22.6 Å². The van der Waals surface area contributed by atoms with Crippen molar-refractivity contribution >= 4 is 17.0 Å². The van der Waals surface area contributed by atoms with E-state index in [1.54, 1.807) is 11.0 Å². The van der Waals surface area contributed by atoms with E-state index in [0.717, 1.165) is 18.8 Å². The van der Waals surface area contributed by atoms with Gasteiger partial charge < -0.3 is 19.2 Å². The van der Waals surface area contributed by atoms with Gasteiger partial charge in [-0.3, -0.25) is 9.69 Å². The van der Waals surface area contributed by atoms with Crippen molar-refractivity contribution in [3.8, 4) is 0 Å². The fraction of sp³-hybridized carbons (Fsp3) is 0.556. The predicted octanol–water partition coefficient (Wildman–Crippen LogP) is 1.29. The van der Waals surface area contributed by atoms with E-state index in [4.69, 9.17) is 9.15 Å². The molecule has 1 saturated heterocycles. The molecule has 0 bridgehead atoms. The van der Waals surface area contributed by atoms with Crippen molar-refractivity contribution in [1.29, 1.82) is 0 Å². The minimum atomic E-state index is -0.494. The van der Waals surface area contributed by atoms with Crippen LogP contribution < -0.4 is 0 Å². The highest BCUT2D eigenvalue weighted by molar-refractivity contribution is 5.95. The topological polar surface area (TPSA) is 79.0 Å². The van der Waals surface area contributed by atoms with Crippen LogP contribution in [0.4, 0.5) is 0 Å². The zero-order valence-electron chi connectivity index (χ0n) is 14.8. The summed E-state index contributed by atoms with van der Waals surface area (Å²) in [6.45, 7) is 8.02. The van der Waals surface area contributed by atoms with Crippen molar-refractivity contribution in [3.63, 3.8) is 0 Å². The van der Waals surface area contributed by atoms with Crippen LogP contribution in [0.3, 0.4) is 0 Å². The summed E-state index contributed by atoms with van der Waals surface area (Å²) in [6, 6.07) is 5.42. The van der Waals surface area contributed by atoms with E-state index in [2.05, 4.69) is 9.88 Å². The van der Waals surface area contributed by atoms with Crippen LogP contribution in [0, 0.1) is 6.92 Å². The van der Waals surface area contributed by atoms with Crippen LogP contribution in [0.1, 0.15) is 23.2 Å². The molecule has 1 N–H and O–H groups in total. The van der Waals surface area contributed by atoms with Gasteiger partial charge in [-0.1, -0.05) is 0 Å². The number of hydrogen-bond donors (Lipinski definition) is 1. The summed E-state index contributed by atoms with van der Waals surface area (Å²) >= 11 is 0. The summed E-state index contributed by atoms with van der Waals surface area (Å²) in [6.07, 6.45) is -0.494. The highest BCUT2D eigenvalue weighted by Crippen LogP contribution is 2.20. The maximum atomic E-state index is 12.6.